The molecule has 0 saturated carbocycles. The number of primary amides is 1. The second-order valence-electron chi connectivity index (χ2n) is 6.76. The molecule has 2 aromatic rings. The van der Waals surface area contributed by atoms with Crippen molar-refractivity contribution in [3.05, 3.63) is 54.7 Å². The van der Waals surface area contributed by atoms with E-state index in [1.165, 1.54) is 24.6 Å². The molecule has 0 bridgehead atoms. The summed E-state index contributed by atoms with van der Waals surface area (Å²) in [6.07, 6.45) is 2.00. The van der Waals surface area contributed by atoms with Gasteiger partial charge in [-0.25, -0.2) is 0 Å². The van der Waals surface area contributed by atoms with E-state index in [1.807, 2.05) is 0 Å². The molecule has 2 heterocycles. The third kappa shape index (κ3) is 3.50. The third-order valence-electron chi connectivity index (χ3n) is 4.87. The lowest BCUT2D eigenvalue weighted by Gasteiger charge is -2.26. The summed E-state index contributed by atoms with van der Waals surface area (Å²) in [5.41, 5.74) is 6.26. The number of aromatic amines is 1. The Hall–Kier alpha value is -3.50. The summed E-state index contributed by atoms with van der Waals surface area (Å²) >= 11 is 0. The standard InChI is InChI=1S/C17H20N6O5/c1-8-15(23(27)28)9(2)22(21-8)7-14(24)19-12-4-3-5-13-10(12)6-11(16(18)25)17(26)20-13/h6,12H,3-5,7H2,1-2H3,(H2,18,25)(H,19,24)(H,20,26). The zero-order chi connectivity index (χ0) is 20.6. The molecule has 28 heavy (non-hydrogen) atoms. The minimum Gasteiger partial charge on any atom is -0.365 e. The van der Waals surface area contributed by atoms with Crippen LogP contribution >= 0.6 is 0 Å². The zero-order valence-corrected chi connectivity index (χ0v) is 15.4. The average molecular weight is 388 g/mol. The molecule has 1 aliphatic carbocycles. The van der Waals surface area contributed by atoms with Gasteiger partial charge in [-0.15, -0.1) is 0 Å². The monoisotopic (exact) mass is 388 g/mol. The first kappa shape index (κ1) is 19.3. The molecule has 1 aliphatic rings. The molecule has 1 unspecified atom stereocenters. The minimum absolute atomic E-state index is 0.112. The molecule has 11 heteroatoms. The summed E-state index contributed by atoms with van der Waals surface area (Å²) in [6, 6.07) is 1.02. The largest absolute Gasteiger partial charge is 0.365 e. The zero-order valence-electron chi connectivity index (χ0n) is 15.4. The van der Waals surface area contributed by atoms with E-state index in [9.17, 15) is 24.5 Å². The lowest BCUT2D eigenvalue weighted by atomic mass is 9.90. The number of carbonyl (C=O) groups excluding carboxylic acids is 2. The average Bonchev–Trinajstić information content (AvgIpc) is 2.87. The van der Waals surface area contributed by atoms with Crippen LogP contribution in [0.1, 0.15) is 51.9 Å². The van der Waals surface area contributed by atoms with Crippen LogP contribution in [0.25, 0.3) is 0 Å². The number of fused-ring (bicyclic) bond motifs is 1. The van der Waals surface area contributed by atoms with Gasteiger partial charge in [0.1, 0.15) is 23.5 Å². The summed E-state index contributed by atoms with van der Waals surface area (Å²) in [5.74, 6) is -1.22. The summed E-state index contributed by atoms with van der Waals surface area (Å²) in [6.45, 7) is 2.86. The number of hydrogen-bond acceptors (Lipinski definition) is 6. The Morgan fingerprint density at radius 2 is 2.18 bits per heavy atom. The maximum atomic E-state index is 12.5. The van der Waals surface area contributed by atoms with E-state index in [4.69, 9.17) is 5.73 Å². The molecule has 0 spiro atoms. The van der Waals surface area contributed by atoms with E-state index >= 15 is 0 Å². The van der Waals surface area contributed by atoms with E-state index in [0.29, 0.717) is 29.8 Å². The van der Waals surface area contributed by atoms with Crippen molar-refractivity contribution >= 4 is 17.5 Å². The number of aromatic nitrogens is 3. The van der Waals surface area contributed by atoms with Crippen molar-refractivity contribution in [3.8, 4) is 0 Å². The second-order valence-corrected chi connectivity index (χ2v) is 6.76. The van der Waals surface area contributed by atoms with Gasteiger partial charge in [0.2, 0.25) is 5.91 Å². The number of nitrogens with one attached hydrogen (secondary N) is 2. The van der Waals surface area contributed by atoms with Crippen LogP contribution < -0.4 is 16.6 Å². The van der Waals surface area contributed by atoms with Crippen molar-refractivity contribution in [2.75, 3.05) is 0 Å². The van der Waals surface area contributed by atoms with Gasteiger partial charge in [-0.3, -0.25) is 29.2 Å². The summed E-state index contributed by atoms with van der Waals surface area (Å²) in [5, 5.41) is 18.0. The molecule has 2 amide bonds. The molecule has 0 aromatic carbocycles. The molecule has 0 radical (unpaired) electrons. The Balaban J connectivity index is 1.82. The van der Waals surface area contributed by atoms with Crippen molar-refractivity contribution in [1.29, 1.82) is 0 Å². The molecular weight excluding hydrogens is 368 g/mol. The number of rotatable bonds is 5. The number of hydrogen-bond donors (Lipinski definition) is 3. The van der Waals surface area contributed by atoms with Crippen LogP contribution in [0.4, 0.5) is 5.69 Å². The molecule has 3 rings (SSSR count). The van der Waals surface area contributed by atoms with Crippen molar-refractivity contribution in [2.24, 2.45) is 5.73 Å². The fourth-order valence-corrected chi connectivity index (χ4v) is 3.56. The van der Waals surface area contributed by atoms with E-state index in [-0.39, 0.29) is 29.4 Å². The number of nitro groups is 1. The van der Waals surface area contributed by atoms with Gasteiger partial charge in [-0.05, 0) is 44.7 Å². The maximum Gasteiger partial charge on any atom is 0.312 e. The number of pyridine rings is 1. The topological polar surface area (TPSA) is 166 Å². The van der Waals surface area contributed by atoms with Crippen LogP contribution in [0, 0.1) is 24.0 Å². The first-order valence-electron chi connectivity index (χ1n) is 8.72. The highest BCUT2D eigenvalue weighted by Crippen LogP contribution is 2.28. The van der Waals surface area contributed by atoms with Crippen LogP contribution in [0.5, 0.6) is 0 Å². The van der Waals surface area contributed by atoms with Crippen LogP contribution in [-0.2, 0) is 17.8 Å². The number of amides is 2. The Bertz CT molecular complexity index is 1040. The van der Waals surface area contributed by atoms with Crippen molar-refractivity contribution in [3.63, 3.8) is 0 Å². The fraction of sp³-hybridized carbons (Fsp3) is 0.412. The molecule has 11 nitrogen and oxygen atoms in total. The van der Waals surface area contributed by atoms with Gasteiger partial charge in [-0.2, -0.15) is 5.10 Å². The number of H-pyrrole nitrogens is 1. The molecule has 0 aliphatic heterocycles. The third-order valence-corrected chi connectivity index (χ3v) is 4.87. The highest BCUT2D eigenvalue weighted by molar-refractivity contribution is 5.92. The summed E-state index contributed by atoms with van der Waals surface area (Å²) < 4.78 is 1.29. The second kappa shape index (κ2) is 7.25. The Labute approximate surface area is 159 Å². The van der Waals surface area contributed by atoms with Gasteiger partial charge in [0, 0.05) is 5.69 Å². The van der Waals surface area contributed by atoms with Gasteiger partial charge in [0.15, 0.2) is 0 Å². The van der Waals surface area contributed by atoms with Gasteiger partial charge < -0.3 is 16.0 Å². The van der Waals surface area contributed by atoms with Gasteiger partial charge in [0.05, 0.1) is 11.0 Å². The quantitative estimate of drug-likeness (QED) is 0.495. The molecule has 1 atom stereocenters. The highest BCUT2D eigenvalue weighted by atomic mass is 16.6. The van der Waals surface area contributed by atoms with Gasteiger partial charge in [0.25, 0.3) is 11.5 Å². The lowest BCUT2D eigenvalue weighted by molar-refractivity contribution is -0.386. The minimum atomic E-state index is -0.838. The van der Waals surface area contributed by atoms with E-state index in [1.54, 1.807) is 0 Å². The Morgan fingerprint density at radius 3 is 2.79 bits per heavy atom. The molecule has 0 fully saturated rings. The van der Waals surface area contributed by atoms with Gasteiger partial charge in [-0.1, -0.05) is 0 Å². The predicted molar refractivity (Wildman–Crippen MR) is 97.8 cm³/mol. The maximum absolute atomic E-state index is 12.5. The van der Waals surface area contributed by atoms with Crippen LogP contribution in [-0.4, -0.2) is 31.5 Å². The van der Waals surface area contributed by atoms with E-state index < -0.39 is 22.4 Å². The Morgan fingerprint density at radius 1 is 1.46 bits per heavy atom. The normalized spacial score (nSPS) is 15.7. The van der Waals surface area contributed by atoms with Crippen molar-refractivity contribution in [1.82, 2.24) is 20.1 Å². The SMILES string of the molecule is Cc1nn(CC(=O)NC2CCCc3[nH]c(=O)c(C(N)=O)cc32)c(C)c1[N+](=O)[O-]. The first-order valence-corrected chi connectivity index (χ1v) is 8.72. The van der Waals surface area contributed by atoms with Crippen molar-refractivity contribution in [2.45, 2.75) is 45.7 Å². The van der Waals surface area contributed by atoms with Crippen molar-refractivity contribution < 1.29 is 14.5 Å². The van der Waals surface area contributed by atoms with E-state index in [2.05, 4.69) is 15.4 Å². The smallest absolute Gasteiger partial charge is 0.312 e. The summed E-state index contributed by atoms with van der Waals surface area (Å²) in [4.78, 5) is 49.1. The molecule has 2 aromatic heterocycles. The summed E-state index contributed by atoms with van der Waals surface area (Å²) in [7, 11) is 0. The van der Waals surface area contributed by atoms with Crippen LogP contribution in [0.15, 0.2) is 10.9 Å². The number of nitrogens with zero attached hydrogens (tertiary/aromatic N) is 3. The Kier molecular flexibility index (Phi) is 4.99. The molecular formula is C17H20N6O5. The van der Waals surface area contributed by atoms with Gasteiger partial charge >= 0.3 is 5.69 Å². The fourth-order valence-electron chi connectivity index (χ4n) is 3.56. The van der Waals surface area contributed by atoms with Crippen LogP contribution in [0.3, 0.4) is 0 Å². The van der Waals surface area contributed by atoms with Crippen LogP contribution in [0.2, 0.25) is 0 Å². The number of carbonyl (C=O) groups is 2. The first-order chi connectivity index (χ1) is 13.2. The predicted octanol–water partition coefficient (Wildman–Crippen LogP) is 0.389. The molecule has 4 N–H and O–H groups in total. The lowest BCUT2D eigenvalue weighted by Crippen LogP contribution is -2.36. The number of nitrogens with two attached hydrogens (primary N) is 1. The highest BCUT2D eigenvalue weighted by Gasteiger charge is 2.26. The molecule has 148 valence electrons. The van der Waals surface area contributed by atoms with E-state index in [0.717, 1.165) is 6.42 Å². The molecule has 0 saturated heterocycles. The number of aryl methyl sites for hydroxylation is 2.